The predicted molar refractivity (Wildman–Crippen MR) is 68.4 cm³/mol. The molecule has 0 aliphatic carbocycles. The summed E-state index contributed by atoms with van der Waals surface area (Å²) < 4.78 is 44.7. The van der Waals surface area contributed by atoms with Gasteiger partial charge in [-0.2, -0.15) is 5.16 Å². The van der Waals surface area contributed by atoms with Gasteiger partial charge in [0, 0.05) is 18.0 Å². The smallest absolute Gasteiger partial charge is 0.280 e. The number of nitrogens with one attached hydrogen (secondary N) is 2. The number of H-pyrrole nitrogens is 1. The summed E-state index contributed by atoms with van der Waals surface area (Å²) in [5.41, 5.74) is 0.0212. The van der Waals surface area contributed by atoms with E-state index in [-0.39, 0.29) is 17.5 Å². The molecule has 0 bridgehead atoms. The van der Waals surface area contributed by atoms with E-state index >= 15 is 0 Å². The maximum atomic E-state index is 13.3. The molecule has 1 aliphatic rings. The highest BCUT2D eigenvalue weighted by Crippen LogP contribution is 2.34. The average molecular weight is 298 g/mol. The van der Waals surface area contributed by atoms with Gasteiger partial charge in [0.2, 0.25) is 0 Å². The highest BCUT2D eigenvalue weighted by Gasteiger charge is 2.27. The molecular formula is C14H13F3N2O2. The van der Waals surface area contributed by atoms with Crippen molar-refractivity contribution in [3.05, 3.63) is 57.3 Å². The van der Waals surface area contributed by atoms with Gasteiger partial charge in [0.05, 0.1) is 0 Å². The third-order valence-corrected chi connectivity index (χ3v) is 3.76. The molecule has 0 amide bonds. The van der Waals surface area contributed by atoms with Crippen molar-refractivity contribution in [2.24, 2.45) is 0 Å². The summed E-state index contributed by atoms with van der Waals surface area (Å²) in [7, 11) is 0. The van der Waals surface area contributed by atoms with Crippen LogP contribution in [0, 0.1) is 17.5 Å². The van der Waals surface area contributed by atoms with E-state index in [1.54, 1.807) is 0 Å². The molecule has 1 aliphatic heterocycles. The van der Waals surface area contributed by atoms with Gasteiger partial charge in [0.25, 0.3) is 5.56 Å². The van der Waals surface area contributed by atoms with Crippen molar-refractivity contribution in [2.45, 2.75) is 24.8 Å². The molecule has 1 saturated heterocycles. The molecule has 1 aromatic heterocycles. The maximum Gasteiger partial charge on any atom is 0.280 e. The molecule has 7 heteroatoms. The lowest BCUT2D eigenvalue weighted by atomic mass is 9.87. The SMILES string of the molecule is O=c1cc([C@@H]2CCN[C@H](c3cc(F)c(F)c(F)c3)C2)o[nH]1. The summed E-state index contributed by atoms with van der Waals surface area (Å²) in [6.07, 6.45) is 1.24. The average Bonchev–Trinajstić information content (AvgIpc) is 2.91. The monoisotopic (exact) mass is 298 g/mol. The predicted octanol–water partition coefficient (Wildman–Crippen LogP) is 2.59. The first kappa shape index (κ1) is 13.9. The lowest BCUT2D eigenvalue weighted by Gasteiger charge is -2.29. The lowest BCUT2D eigenvalue weighted by Crippen LogP contribution is -2.31. The van der Waals surface area contributed by atoms with Crippen molar-refractivity contribution >= 4 is 0 Å². The number of benzene rings is 1. The fourth-order valence-corrected chi connectivity index (χ4v) is 2.70. The first-order valence-electron chi connectivity index (χ1n) is 6.61. The molecule has 0 unspecified atom stereocenters. The van der Waals surface area contributed by atoms with E-state index in [1.807, 2.05) is 0 Å². The van der Waals surface area contributed by atoms with Gasteiger partial charge in [-0.15, -0.1) is 0 Å². The number of halogens is 3. The van der Waals surface area contributed by atoms with Gasteiger partial charge in [0.1, 0.15) is 5.76 Å². The molecule has 4 nitrogen and oxygen atoms in total. The molecule has 112 valence electrons. The normalized spacial score (nSPS) is 22.4. The molecule has 0 saturated carbocycles. The van der Waals surface area contributed by atoms with Crippen LogP contribution >= 0.6 is 0 Å². The van der Waals surface area contributed by atoms with Crippen molar-refractivity contribution < 1.29 is 17.7 Å². The van der Waals surface area contributed by atoms with E-state index in [9.17, 15) is 18.0 Å². The van der Waals surface area contributed by atoms with Crippen molar-refractivity contribution in [2.75, 3.05) is 6.54 Å². The molecule has 2 aromatic rings. The Morgan fingerprint density at radius 3 is 2.48 bits per heavy atom. The van der Waals surface area contributed by atoms with Crippen molar-refractivity contribution in [1.29, 1.82) is 0 Å². The summed E-state index contributed by atoms with van der Waals surface area (Å²) in [4.78, 5) is 11.1. The summed E-state index contributed by atoms with van der Waals surface area (Å²) >= 11 is 0. The largest absolute Gasteiger partial charge is 0.383 e. The fraction of sp³-hybridized carbons (Fsp3) is 0.357. The number of aromatic nitrogens is 1. The molecule has 3 rings (SSSR count). The number of hydrogen-bond donors (Lipinski definition) is 2. The molecule has 1 fully saturated rings. The summed E-state index contributed by atoms with van der Waals surface area (Å²) in [6, 6.07) is 3.03. The number of aromatic amines is 1. The molecule has 0 radical (unpaired) electrons. The van der Waals surface area contributed by atoms with Crippen LogP contribution in [-0.2, 0) is 0 Å². The van der Waals surface area contributed by atoms with E-state index in [1.165, 1.54) is 6.07 Å². The highest BCUT2D eigenvalue weighted by atomic mass is 19.2. The Bertz CT molecular complexity index is 687. The fourth-order valence-electron chi connectivity index (χ4n) is 2.70. The molecular weight excluding hydrogens is 285 g/mol. The van der Waals surface area contributed by atoms with Gasteiger partial charge >= 0.3 is 0 Å². The zero-order chi connectivity index (χ0) is 15.0. The van der Waals surface area contributed by atoms with E-state index in [4.69, 9.17) is 4.52 Å². The Hall–Kier alpha value is -2.02. The summed E-state index contributed by atoms with van der Waals surface area (Å²) in [5.74, 6) is -3.40. The van der Waals surface area contributed by atoms with Crippen LogP contribution in [0.25, 0.3) is 0 Å². The van der Waals surface area contributed by atoms with Crippen LogP contribution in [0.5, 0.6) is 0 Å². The minimum absolute atomic E-state index is 0.0358. The third kappa shape index (κ3) is 2.73. The second kappa shape index (κ2) is 5.40. The standard InChI is InChI=1S/C14H13F3N2O2/c15-9-3-8(4-10(16)14(9)17)11-5-7(1-2-18-11)12-6-13(20)19-21-12/h3-4,6-7,11,18H,1-2,5H2,(H,19,20)/t7-,11+/m1/s1. The Kier molecular flexibility index (Phi) is 3.59. The van der Waals surface area contributed by atoms with Crippen LogP contribution < -0.4 is 10.9 Å². The minimum Gasteiger partial charge on any atom is -0.383 e. The second-order valence-electron chi connectivity index (χ2n) is 5.14. The van der Waals surface area contributed by atoms with E-state index in [0.29, 0.717) is 24.3 Å². The minimum atomic E-state index is -1.47. The maximum absolute atomic E-state index is 13.3. The first-order chi connectivity index (χ1) is 10.0. The van der Waals surface area contributed by atoms with Crippen molar-refractivity contribution in [3.8, 4) is 0 Å². The van der Waals surface area contributed by atoms with Crippen LogP contribution in [0.15, 0.2) is 27.5 Å². The van der Waals surface area contributed by atoms with Crippen LogP contribution in [-0.4, -0.2) is 11.7 Å². The molecule has 1 aromatic carbocycles. The number of rotatable bonds is 2. The first-order valence-corrected chi connectivity index (χ1v) is 6.61. The Morgan fingerprint density at radius 1 is 1.14 bits per heavy atom. The Labute approximate surface area is 117 Å². The van der Waals surface area contributed by atoms with Crippen LogP contribution in [0.1, 0.15) is 36.1 Å². The topological polar surface area (TPSA) is 58.0 Å². The molecule has 2 heterocycles. The summed E-state index contributed by atoms with van der Waals surface area (Å²) in [6.45, 7) is 0.602. The molecule has 0 spiro atoms. The van der Waals surface area contributed by atoms with Crippen LogP contribution in [0.2, 0.25) is 0 Å². The molecule has 21 heavy (non-hydrogen) atoms. The molecule has 2 atom stereocenters. The summed E-state index contributed by atoms with van der Waals surface area (Å²) in [5, 5.41) is 5.36. The zero-order valence-electron chi connectivity index (χ0n) is 11.0. The van der Waals surface area contributed by atoms with Crippen molar-refractivity contribution in [3.63, 3.8) is 0 Å². The quantitative estimate of drug-likeness (QED) is 0.838. The van der Waals surface area contributed by atoms with Gasteiger partial charge in [-0.25, -0.2) is 13.2 Å². The van der Waals surface area contributed by atoms with Gasteiger partial charge in [0.15, 0.2) is 17.5 Å². The highest BCUT2D eigenvalue weighted by molar-refractivity contribution is 5.24. The zero-order valence-corrected chi connectivity index (χ0v) is 11.0. The van der Waals surface area contributed by atoms with Gasteiger partial charge in [-0.05, 0) is 37.1 Å². The van der Waals surface area contributed by atoms with Crippen molar-refractivity contribution in [1.82, 2.24) is 10.5 Å². The molecule has 2 N–H and O–H groups in total. The van der Waals surface area contributed by atoms with Gasteiger partial charge < -0.3 is 9.84 Å². The van der Waals surface area contributed by atoms with E-state index in [2.05, 4.69) is 10.5 Å². The van der Waals surface area contributed by atoms with Crippen LogP contribution in [0.3, 0.4) is 0 Å². The van der Waals surface area contributed by atoms with Gasteiger partial charge in [-0.3, -0.25) is 4.79 Å². The third-order valence-electron chi connectivity index (χ3n) is 3.76. The Morgan fingerprint density at radius 2 is 1.86 bits per heavy atom. The van der Waals surface area contributed by atoms with Crippen LogP contribution in [0.4, 0.5) is 13.2 Å². The number of piperidine rings is 1. The van der Waals surface area contributed by atoms with Gasteiger partial charge in [-0.1, -0.05) is 0 Å². The number of hydrogen-bond acceptors (Lipinski definition) is 3. The lowest BCUT2D eigenvalue weighted by molar-refractivity contribution is 0.294. The Balaban J connectivity index is 1.84. The van der Waals surface area contributed by atoms with E-state index in [0.717, 1.165) is 18.6 Å². The second-order valence-corrected chi connectivity index (χ2v) is 5.14. The van der Waals surface area contributed by atoms with E-state index < -0.39 is 17.5 Å².